The first kappa shape index (κ1) is 28.0. The largest absolute Gasteiger partial charge is 0.468 e. The number of furan rings is 1. The smallest absolute Gasteiger partial charge is 0.414 e. The third-order valence-corrected chi connectivity index (χ3v) is 6.64. The summed E-state index contributed by atoms with van der Waals surface area (Å²) in [7, 11) is 1.27. The highest BCUT2D eigenvalue weighted by molar-refractivity contribution is 7.99. The van der Waals surface area contributed by atoms with E-state index in [9.17, 15) is 14.4 Å². The number of benzene rings is 1. The summed E-state index contributed by atoms with van der Waals surface area (Å²) in [5.41, 5.74) is 1.37. The molecule has 3 rings (SSSR count). The molecule has 196 valence electrons. The second-order valence-electron chi connectivity index (χ2n) is 8.99. The number of hydrogen-bond donors (Lipinski definition) is 1. The van der Waals surface area contributed by atoms with Crippen LogP contribution in [0.3, 0.4) is 0 Å². The molecule has 0 radical (unpaired) electrons. The van der Waals surface area contributed by atoms with Gasteiger partial charge < -0.3 is 14.5 Å². The van der Waals surface area contributed by atoms with Crippen molar-refractivity contribution in [2.75, 3.05) is 17.8 Å². The topological polar surface area (TPSA) is 102 Å². The van der Waals surface area contributed by atoms with Gasteiger partial charge in [0.15, 0.2) is 5.78 Å². The molecule has 0 fully saturated rings. The molecule has 8 nitrogen and oxygen atoms in total. The Morgan fingerprint density at radius 1 is 1.08 bits per heavy atom. The quantitative estimate of drug-likeness (QED) is 0.340. The molecule has 9 heteroatoms. The molecule has 0 saturated heterocycles. The number of nitrogens with zero attached hydrogens (tertiary/aromatic N) is 2. The zero-order valence-electron chi connectivity index (χ0n) is 21.3. The molecule has 2 atom stereocenters. The Labute approximate surface area is 221 Å². The predicted molar refractivity (Wildman–Crippen MR) is 144 cm³/mol. The molecule has 0 aliphatic carbocycles. The fourth-order valence-corrected chi connectivity index (χ4v) is 4.76. The van der Waals surface area contributed by atoms with Gasteiger partial charge in [-0.3, -0.25) is 19.5 Å². The lowest BCUT2D eigenvalue weighted by atomic mass is 9.99. The Kier molecular flexibility index (Phi) is 10.8. The SMILES string of the molecule is COC(=O)N(c1cccnc1)[C@@H](CC(C)C)C(=O)N[C@@H](Cc1ccccc1)C(=O)CSCc1ccco1. The number of ketones is 1. The number of nitrogens with one attached hydrogen (secondary N) is 1. The molecule has 0 aliphatic rings. The Bertz CT molecular complexity index is 1120. The van der Waals surface area contributed by atoms with Crippen LogP contribution >= 0.6 is 11.8 Å². The zero-order chi connectivity index (χ0) is 26.6. The van der Waals surface area contributed by atoms with Gasteiger partial charge in [-0.1, -0.05) is 44.2 Å². The van der Waals surface area contributed by atoms with Crippen molar-refractivity contribution < 1.29 is 23.5 Å². The number of anilines is 1. The van der Waals surface area contributed by atoms with Crippen LogP contribution < -0.4 is 10.2 Å². The first-order chi connectivity index (χ1) is 17.9. The van der Waals surface area contributed by atoms with Crippen LogP contribution in [0.2, 0.25) is 0 Å². The van der Waals surface area contributed by atoms with Crippen molar-refractivity contribution >= 4 is 35.2 Å². The lowest BCUT2D eigenvalue weighted by Gasteiger charge is -2.32. The average Bonchev–Trinajstić information content (AvgIpc) is 3.42. The molecule has 2 amide bonds. The maximum atomic E-state index is 13.7. The van der Waals surface area contributed by atoms with Crippen molar-refractivity contribution in [3.8, 4) is 0 Å². The molecule has 1 N–H and O–H groups in total. The van der Waals surface area contributed by atoms with E-state index in [4.69, 9.17) is 9.15 Å². The molecule has 3 aromatic rings. The molecule has 0 bridgehead atoms. The minimum atomic E-state index is -0.890. The van der Waals surface area contributed by atoms with Crippen LogP contribution in [-0.2, 0) is 26.5 Å². The van der Waals surface area contributed by atoms with Crippen molar-refractivity contribution in [2.24, 2.45) is 5.92 Å². The molecule has 0 unspecified atom stereocenters. The van der Waals surface area contributed by atoms with Crippen LogP contribution in [0.1, 0.15) is 31.6 Å². The minimum absolute atomic E-state index is 0.0895. The number of hydrogen-bond acceptors (Lipinski definition) is 7. The van der Waals surface area contributed by atoms with Crippen molar-refractivity contribution in [3.63, 3.8) is 0 Å². The van der Waals surface area contributed by atoms with Gasteiger partial charge in [0, 0.05) is 6.20 Å². The zero-order valence-corrected chi connectivity index (χ0v) is 22.1. The normalized spacial score (nSPS) is 12.5. The fraction of sp³-hybridized carbons (Fsp3) is 0.357. The highest BCUT2D eigenvalue weighted by atomic mass is 32.2. The van der Waals surface area contributed by atoms with E-state index in [2.05, 4.69) is 10.3 Å². The Balaban J connectivity index is 1.83. The van der Waals surface area contributed by atoms with Crippen LogP contribution in [0.5, 0.6) is 0 Å². The summed E-state index contributed by atoms with van der Waals surface area (Å²) >= 11 is 1.43. The van der Waals surface area contributed by atoms with Gasteiger partial charge in [0.25, 0.3) is 0 Å². The van der Waals surface area contributed by atoms with Gasteiger partial charge >= 0.3 is 6.09 Å². The summed E-state index contributed by atoms with van der Waals surface area (Å²) in [6.45, 7) is 3.94. The number of Topliss-reactive ketones (excluding diaryl/α,β-unsaturated/α-hetero) is 1. The van der Waals surface area contributed by atoms with Gasteiger partial charge in [-0.25, -0.2) is 4.79 Å². The number of thioether (sulfide) groups is 1. The third-order valence-electron chi connectivity index (χ3n) is 5.66. The number of rotatable bonds is 13. The number of amides is 2. The maximum Gasteiger partial charge on any atom is 0.414 e. The molecule has 0 saturated carbocycles. The second kappa shape index (κ2) is 14.2. The summed E-state index contributed by atoms with van der Waals surface area (Å²) in [6.07, 6.45) is 4.73. The van der Waals surface area contributed by atoms with E-state index in [1.807, 2.05) is 50.2 Å². The van der Waals surface area contributed by atoms with Crippen LogP contribution in [0.25, 0.3) is 0 Å². The van der Waals surface area contributed by atoms with E-state index < -0.39 is 24.1 Å². The van der Waals surface area contributed by atoms with Gasteiger partial charge in [-0.2, -0.15) is 0 Å². The van der Waals surface area contributed by atoms with E-state index in [-0.39, 0.29) is 17.5 Å². The number of carbonyl (C=O) groups is 3. The van der Waals surface area contributed by atoms with Gasteiger partial charge in [0.05, 0.1) is 42.8 Å². The summed E-state index contributed by atoms with van der Waals surface area (Å²) < 4.78 is 10.4. The van der Waals surface area contributed by atoms with E-state index >= 15 is 0 Å². The van der Waals surface area contributed by atoms with Crippen molar-refractivity contribution in [2.45, 2.75) is 44.5 Å². The molecule has 0 spiro atoms. The first-order valence-electron chi connectivity index (χ1n) is 12.1. The Morgan fingerprint density at radius 3 is 2.49 bits per heavy atom. The van der Waals surface area contributed by atoms with Gasteiger partial charge in [0.1, 0.15) is 11.8 Å². The van der Waals surface area contributed by atoms with Crippen LogP contribution in [0.15, 0.2) is 77.7 Å². The van der Waals surface area contributed by atoms with Gasteiger partial charge in [-0.15, -0.1) is 11.8 Å². The summed E-state index contributed by atoms with van der Waals surface area (Å²) in [5.74, 6) is 1.10. The lowest BCUT2D eigenvalue weighted by molar-refractivity contribution is -0.127. The fourth-order valence-electron chi connectivity index (χ4n) is 3.89. The number of methoxy groups -OCH3 is 1. The number of carbonyl (C=O) groups excluding carboxylic acids is 3. The monoisotopic (exact) mass is 523 g/mol. The molecule has 1 aromatic carbocycles. The molecule has 0 aliphatic heterocycles. The highest BCUT2D eigenvalue weighted by Crippen LogP contribution is 2.22. The Morgan fingerprint density at radius 2 is 1.86 bits per heavy atom. The molecule has 37 heavy (non-hydrogen) atoms. The summed E-state index contributed by atoms with van der Waals surface area (Å²) in [5, 5.41) is 2.95. The van der Waals surface area contributed by atoms with E-state index in [0.29, 0.717) is 24.3 Å². The summed E-state index contributed by atoms with van der Waals surface area (Å²) in [4.78, 5) is 45.3. The summed E-state index contributed by atoms with van der Waals surface area (Å²) in [6, 6.07) is 14.9. The third kappa shape index (κ3) is 8.49. The first-order valence-corrected chi connectivity index (χ1v) is 13.3. The highest BCUT2D eigenvalue weighted by Gasteiger charge is 2.35. The number of aromatic nitrogens is 1. The average molecular weight is 524 g/mol. The Hall–Kier alpha value is -3.59. The van der Waals surface area contributed by atoms with Crippen LogP contribution in [0.4, 0.5) is 10.5 Å². The van der Waals surface area contributed by atoms with Gasteiger partial charge in [0.2, 0.25) is 5.91 Å². The number of ether oxygens (including phenoxy) is 1. The van der Waals surface area contributed by atoms with Crippen LogP contribution in [0, 0.1) is 5.92 Å². The minimum Gasteiger partial charge on any atom is -0.468 e. The standard InChI is InChI=1S/C28H33N3O5S/c1-20(2)15-25(31(28(34)35-3)22-11-7-13-29-17-22)27(33)30-24(16-21-9-5-4-6-10-21)26(32)19-37-18-23-12-8-14-36-23/h4-14,17,20,24-25H,15-16,18-19H2,1-3H3,(H,30,33)/t24-,25-/m0/s1. The molecular formula is C28H33N3O5S. The predicted octanol–water partition coefficient (Wildman–Crippen LogP) is 4.89. The van der Waals surface area contributed by atoms with Crippen molar-refractivity contribution in [1.29, 1.82) is 0 Å². The van der Waals surface area contributed by atoms with E-state index in [1.165, 1.54) is 30.0 Å². The van der Waals surface area contributed by atoms with Crippen LogP contribution in [-0.4, -0.2) is 47.7 Å². The molecular weight excluding hydrogens is 490 g/mol. The van der Waals surface area contributed by atoms with Gasteiger partial charge in [-0.05, 0) is 48.6 Å². The lowest BCUT2D eigenvalue weighted by Crippen LogP contribution is -2.54. The maximum absolute atomic E-state index is 13.7. The van der Waals surface area contributed by atoms with Crippen molar-refractivity contribution in [3.05, 3.63) is 84.6 Å². The molecule has 2 heterocycles. The van der Waals surface area contributed by atoms with Crippen molar-refractivity contribution in [1.82, 2.24) is 10.3 Å². The van der Waals surface area contributed by atoms with E-state index in [0.717, 1.165) is 11.3 Å². The second-order valence-corrected chi connectivity index (χ2v) is 9.97. The number of pyridine rings is 1. The van der Waals surface area contributed by atoms with E-state index in [1.54, 1.807) is 30.7 Å². The molecule has 2 aromatic heterocycles.